The fraction of sp³-hybridized carbons (Fsp3) is 0.118. The van der Waals surface area contributed by atoms with Gasteiger partial charge in [0.05, 0.1) is 6.54 Å². The Morgan fingerprint density at radius 2 is 1.52 bits per heavy atom. The molecular weight excluding hydrogens is 337 g/mol. The second-order valence-corrected chi connectivity index (χ2v) is 5.46. The lowest BCUT2D eigenvalue weighted by Crippen LogP contribution is -2.01. The van der Waals surface area contributed by atoms with E-state index in [4.69, 9.17) is 32.7 Å². The van der Waals surface area contributed by atoms with Gasteiger partial charge < -0.3 is 19.6 Å². The highest BCUT2D eigenvalue weighted by molar-refractivity contribution is 6.55. The Bertz CT molecular complexity index is 651. The standard InChI is InChI=1S/C17H15Cl2NO3/c18-17(19)9-12-22-14-5-7-16(8-6-14)23-15-3-1-13(2-4-15)20-10-11-21/h1-9,11,20H,10,12H2. The van der Waals surface area contributed by atoms with Gasteiger partial charge in [0.25, 0.3) is 0 Å². The Morgan fingerprint density at radius 1 is 0.957 bits per heavy atom. The van der Waals surface area contributed by atoms with Crippen LogP contribution < -0.4 is 14.8 Å². The van der Waals surface area contributed by atoms with Crippen molar-refractivity contribution in [3.05, 3.63) is 59.1 Å². The highest BCUT2D eigenvalue weighted by Crippen LogP contribution is 2.25. The fourth-order valence-electron chi connectivity index (χ4n) is 1.74. The van der Waals surface area contributed by atoms with Crippen molar-refractivity contribution in [1.82, 2.24) is 0 Å². The molecule has 1 N–H and O–H groups in total. The number of rotatable bonds is 8. The molecule has 0 aliphatic carbocycles. The molecule has 6 heteroatoms. The van der Waals surface area contributed by atoms with Gasteiger partial charge >= 0.3 is 0 Å². The van der Waals surface area contributed by atoms with Gasteiger partial charge in [-0.3, -0.25) is 0 Å². The van der Waals surface area contributed by atoms with Gasteiger partial charge in [0.15, 0.2) is 0 Å². The molecule has 0 heterocycles. The molecule has 0 spiro atoms. The summed E-state index contributed by atoms with van der Waals surface area (Å²) in [7, 11) is 0. The average Bonchev–Trinajstić information content (AvgIpc) is 2.55. The Balaban J connectivity index is 1.90. The minimum atomic E-state index is 0.177. The number of benzene rings is 2. The van der Waals surface area contributed by atoms with E-state index in [1.807, 2.05) is 24.3 Å². The maximum atomic E-state index is 10.3. The van der Waals surface area contributed by atoms with Crippen LogP contribution in [0.1, 0.15) is 0 Å². The van der Waals surface area contributed by atoms with E-state index in [0.717, 1.165) is 12.0 Å². The second kappa shape index (κ2) is 9.08. The first kappa shape index (κ1) is 17.2. The van der Waals surface area contributed by atoms with E-state index in [1.165, 1.54) is 0 Å². The highest BCUT2D eigenvalue weighted by atomic mass is 35.5. The number of anilines is 1. The maximum absolute atomic E-state index is 10.3. The second-order valence-electron chi connectivity index (χ2n) is 4.45. The van der Waals surface area contributed by atoms with Crippen LogP contribution in [0.15, 0.2) is 59.1 Å². The molecule has 2 rings (SSSR count). The fourth-order valence-corrected chi connectivity index (χ4v) is 1.87. The molecule has 2 aromatic rings. The number of hydrogen-bond acceptors (Lipinski definition) is 4. The Morgan fingerprint density at radius 3 is 2.09 bits per heavy atom. The van der Waals surface area contributed by atoms with Crippen molar-refractivity contribution < 1.29 is 14.3 Å². The summed E-state index contributed by atoms with van der Waals surface area (Å²) in [6.07, 6.45) is 2.37. The number of ether oxygens (including phenoxy) is 2. The van der Waals surface area contributed by atoms with Crippen LogP contribution in [-0.2, 0) is 4.79 Å². The topological polar surface area (TPSA) is 47.6 Å². The molecule has 2 aromatic carbocycles. The van der Waals surface area contributed by atoms with Crippen LogP contribution in [0.5, 0.6) is 17.2 Å². The monoisotopic (exact) mass is 351 g/mol. The zero-order valence-electron chi connectivity index (χ0n) is 12.2. The zero-order valence-corrected chi connectivity index (χ0v) is 13.7. The van der Waals surface area contributed by atoms with Gasteiger partial charge in [0.2, 0.25) is 0 Å². The Labute approximate surface area is 144 Å². The van der Waals surface area contributed by atoms with Crippen molar-refractivity contribution in [2.45, 2.75) is 0 Å². The highest BCUT2D eigenvalue weighted by Gasteiger charge is 1.99. The molecule has 0 bridgehead atoms. The van der Waals surface area contributed by atoms with Crippen LogP contribution in [-0.4, -0.2) is 19.4 Å². The third-order valence-corrected chi connectivity index (χ3v) is 3.10. The van der Waals surface area contributed by atoms with E-state index in [-0.39, 0.29) is 11.0 Å². The van der Waals surface area contributed by atoms with Crippen LogP contribution in [0.3, 0.4) is 0 Å². The predicted molar refractivity (Wildman–Crippen MR) is 92.8 cm³/mol. The van der Waals surface area contributed by atoms with Gasteiger partial charge in [0, 0.05) is 5.69 Å². The summed E-state index contributed by atoms with van der Waals surface area (Å²) >= 11 is 11.0. The number of carbonyl (C=O) groups excluding carboxylic acids is 1. The molecular formula is C17H15Cl2NO3. The van der Waals surface area contributed by atoms with Crippen molar-refractivity contribution in [3.8, 4) is 17.2 Å². The number of nitrogens with one attached hydrogen (secondary N) is 1. The summed E-state index contributed by atoms with van der Waals surface area (Å²) in [4.78, 5) is 10.3. The summed E-state index contributed by atoms with van der Waals surface area (Å²) in [5.41, 5.74) is 0.860. The van der Waals surface area contributed by atoms with Crippen LogP contribution in [0, 0.1) is 0 Å². The average molecular weight is 352 g/mol. The third-order valence-electron chi connectivity index (χ3n) is 2.79. The van der Waals surface area contributed by atoms with Gasteiger partial charge in [0.1, 0.15) is 34.6 Å². The van der Waals surface area contributed by atoms with E-state index in [9.17, 15) is 4.79 Å². The number of carbonyl (C=O) groups is 1. The normalized spacial score (nSPS) is 9.83. The van der Waals surface area contributed by atoms with Gasteiger partial charge in [-0.05, 0) is 54.6 Å². The van der Waals surface area contributed by atoms with Crippen LogP contribution in [0.2, 0.25) is 0 Å². The molecule has 0 radical (unpaired) electrons. The zero-order chi connectivity index (χ0) is 16.5. The molecule has 0 unspecified atom stereocenters. The largest absolute Gasteiger partial charge is 0.489 e. The van der Waals surface area contributed by atoms with E-state index < -0.39 is 0 Å². The number of aldehydes is 1. The molecule has 120 valence electrons. The molecule has 23 heavy (non-hydrogen) atoms. The minimum Gasteiger partial charge on any atom is -0.489 e. The number of hydrogen-bond donors (Lipinski definition) is 1. The molecule has 0 aliphatic heterocycles. The van der Waals surface area contributed by atoms with E-state index in [2.05, 4.69) is 5.32 Å². The summed E-state index contributed by atoms with van der Waals surface area (Å²) in [6, 6.07) is 14.5. The van der Waals surface area contributed by atoms with Gasteiger partial charge in [-0.2, -0.15) is 0 Å². The van der Waals surface area contributed by atoms with E-state index in [1.54, 1.807) is 30.3 Å². The van der Waals surface area contributed by atoms with Crippen molar-refractivity contribution in [2.24, 2.45) is 0 Å². The lowest BCUT2D eigenvalue weighted by Gasteiger charge is -2.08. The first-order chi connectivity index (χ1) is 11.2. The third kappa shape index (κ3) is 6.22. The quantitative estimate of drug-likeness (QED) is 0.694. The predicted octanol–water partition coefficient (Wildman–Crippen LogP) is 4.79. The first-order valence-corrected chi connectivity index (χ1v) is 7.62. The van der Waals surface area contributed by atoms with Gasteiger partial charge in [-0.1, -0.05) is 23.2 Å². The van der Waals surface area contributed by atoms with Crippen LogP contribution in [0.25, 0.3) is 0 Å². The molecule has 4 nitrogen and oxygen atoms in total. The summed E-state index contributed by atoms with van der Waals surface area (Å²) < 4.78 is 11.3. The Kier molecular flexibility index (Phi) is 6.78. The minimum absolute atomic E-state index is 0.177. The molecule has 0 aliphatic rings. The first-order valence-electron chi connectivity index (χ1n) is 6.87. The molecule has 0 atom stereocenters. The molecule has 0 saturated carbocycles. The van der Waals surface area contributed by atoms with Gasteiger partial charge in [-0.15, -0.1) is 0 Å². The molecule has 0 fully saturated rings. The van der Waals surface area contributed by atoms with E-state index in [0.29, 0.717) is 23.9 Å². The molecule has 0 saturated heterocycles. The van der Waals surface area contributed by atoms with Gasteiger partial charge in [-0.25, -0.2) is 0 Å². The molecule has 0 aromatic heterocycles. The van der Waals surface area contributed by atoms with Crippen molar-refractivity contribution in [3.63, 3.8) is 0 Å². The van der Waals surface area contributed by atoms with Crippen molar-refractivity contribution in [1.29, 1.82) is 0 Å². The summed E-state index contributed by atoms with van der Waals surface area (Å²) in [5.74, 6) is 2.08. The summed E-state index contributed by atoms with van der Waals surface area (Å²) in [5, 5.41) is 2.96. The SMILES string of the molecule is O=CCNc1ccc(Oc2ccc(OCC=C(Cl)Cl)cc2)cc1. The Hall–Kier alpha value is -2.17. The van der Waals surface area contributed by atoms with Crippen LogP contribution >= 0.6 is 23.2 Å². The van der Waals surface area contributed by atoms with Crippen LogP contribution in [0.4, 0.5) is 5.69 Å². The lowest BCUT2D eigenvalue weighted by atomic mass is 10.3. The smallest absolute Gasteiger partial charge is 0.139 e. The summed E-state index contributed by atoms with van der Waals surface area (Å²) in [6.45, 7) is 0.587. The van der Waals surface area contributed by atoms with Crippen molar-refractivity contribution >= 4 is 35.2 Å². The maximum Gasteiger partial charge on any atom is 0.139 e. The lowest BCUT2D eigenvalue weighted by molar-refractivity contribution is -0.106. The number of halogens is 2. The van der Waals surface area contributed by atoms with E-state index >= 15 is 0 Å². The molecule has 0 amide bonds. The van der Waals surface area contributed by atoms with Crippen molar-refractivity contribution in [2.75, 3.05) is 18.5 Å².